The molecule has 4 aromatic rings. The smallest absolute Gasteiger partial charge is 0.205 e. The van der Waals surface area contributed by atoms with E-state index in [0.29, 0.717) is 5.82 Å². The molecule has 4 heterocycles. The van der Waals surface area contributed by atoms with Crippen LogP contribution in [0, 0.1) is 6.92 Å². The van der Waals surface area contributed by atoms with Crippen molar-refractivity contribution in [1.29, 1.82) is 0 Å². The number of H-pyrrole nitrogens is 1. The van der Waals surface area contributed by atoms with Crippen LogP contribution in [-0.4, -0.2) is 66.4 Å². The van der Waals surface area contributed by atoms with Crippen LogP contribution in [0.25, 0.3) is 28.1 Å². The van der Waals surface area contributed by atoms with E-state index < -0.39 is 0 Å². The molecule has 0 bridgehead atoms. The summed E-state index contributed by atoms with van der Waals surface area (Å²) in [7, 11) is 0. The van der Waals surface area contributed by atoms with Crippen molar-refractivity contribution in [2.24, 2.45) is 0 Å². The zero-order valence-corrected chi connectivity index (χ0v) is 13.6. The van der Waals surface area contributed by atoms with Gasteiger partial charge in [0.25, 0.3) is 0 Å². The van der Waals surface area contributed by atoms with Gasteiger partial charge in [-0.15, -0.1) is 20.4 Å². The first-order chi connectivity index (χ1) is 12.3. The van der Waals surface area contributed by atoms with Gasteiger partial charge in [-0.1, -0.05) is 0 Å². The minimum absolute atomic E-state index is 0.562. The lowest BCUT2D eigenvalue weighted by Gasteiger charge is -2.28. The standard InChI is InChI=1S/C15H16N10/c1-9-6-11-12(7-10(9)13-19-22-23-20-13)25-8-17-21-15(25)14(18-11)24-4-2-16-3-5-24/h6-8,16H,2-5H2,1H3,(H,19,20,22,23). The summed E-state index contributed by atoms with van der Waals surface area (Å²) in [5.74, 6) is 1.44. The van der Waals surface area contributed by atoms with E-state index in [1.807, 2.05) is 23.5 Å². The van der Waals surface area contributed by atoms with Gasteiger partial charge in [0.15, 0.2) is 5.82 Å². The Bertz CT molecular complexity index is 1050. The number of nitrogens with zero attached hydrogens (tertiary/aromatic N) is 8. The van der Waals surface area contributed by atoms with E-state index in [4.69, 9.17) is 4.98 Å². The van der Waals surface area contributed by atoms with Crippen LogP contribution in [0.15, 0.2) is 18.5 Å². The van der Waals surface area contributed by atoms with E-state index in [-0.39, 0.29) is 0 Å². The number of piperazine rings is 1. The van der Waals surface area contributed by atoms with Crippen molar-refractivity contribution in [1.82, 2.24) is 45.5 Å². The van der Waals surface area contributed by atoms with E-state index in [1.165, 1.54) is 0 Å². The molecule has 0 amide bonds. The first-order valence-electron chi connectivity index (χ1n) is 8.15. The third-order valence-corrected chi connectivity index (χ3v) is 4.56. The number of anilines is 1. The predicted octanol–water partition coefficient (Wildman–Crippen LogP) is 0.176. The van der Waals surface area contributed by atoms with Gasteiger partial charge in [0, 0.05) is 31.7 Å². The zero-order valence-electron chi connectivity index (χ0n) is 13.6. The number of aromatic amines is 1. The number of benzene rings is 1. The fourth-order valence-electron chi connectivity index (χ4n) is 3.30. The fraction of sp³-hybridized carbons (Fsp3) is 0.333. The molecule has 5 rings (SSSR count). The normalized spacial score (nSPS) is 15.3. The molecule has 25 heavy (non-hydrogen) atoms. The summed E-state index contributed by atoms with van der Waals surface area (Å²) in [6, 6.07) is 4.06. The molecule has 0 saturated carbocycles. The lowest BCUT2D eigenvalue weighted by Crippen LogP contribution is -2.44. The van der Waals surface area contributed by atoms with Crippen molar-refractivity contribution in [3.63, 3.8) is 0 Å². The van der Waals surface area contributed by atoms with Gasteiger partial charge >= 0.3 is 0 Å². The van der Waals surface area contributed by atoms with Gasteiger partial charge in [-0.2, -0.15) is 5.21 Å². The van der Waals surface area contributed by atoms with Crippen molar-refractivity contribution in [2.75, 3.05) is 31.1 Å². The lowest BCUT2D eigenvalue weighted by molar-refractivity contribution is 0.586. The number of hydrogen-bond donors (Lipinski definition) is 2. The minimum atomic E-state index is 0.562. The summed E-state index contributed by atoms with van der Waals surface area (Å²) in [5.41, 5.74) is 4.53. The predicted molar refractivity (Wildman–Crippen MR) is 91.3 cm³/mol. The topological polar surface area (TPSA) is 113 Å². The molecule has 1 aliphatic heterocycles. The summed E-state index contributed by atoms with van der Waals surface area (Å²) in [5, 5.41) is 26.1. The molecule has 0 spiro atoms. The summed E-state index contributed by atoms with van der Waals surface area (Å²) < 4.78 is 1.97. The van der Waals surface area contributed by atoms with Gasteiger partial charge < -0.3 is 10.2 Å². The van der Waals surface area contributed by atoms with Gasteiger partial charge in [0.1, 0.15) is 6.33 Å². The number of nitrogens with one attached hydrogen (secondary N) is 2. The fourth-order valence-corrected chi connectivity index (χ4v) is 3.30. The number of rotatable bonds is 2. The monoisotopic (exact) mass is 336 g/mol. The summed E-state index contributed by atoms with van der Waals surface area (Å²) in [6.45, 7) is 5.71. The Balaban J connectivity index is 1.76. The van der Waals surface area contributed by atoms with Gasteiger partial charge in [0.05, 0.1) is 11.0 Å². The molecule has 0 atom stereocenters. The number of hydrogen-bond acceptors (Lipinski definition) is 8. The zero-order chi connectivity index (χ0) is 16.8. The highest BCUT2D eigenvalue weighted by Gasteiger charge is 2.19. The molecule has 2 N–H and O–H groups in total. The Morgan fingerprint density at radius 2 is 2.00 bits per heavy atom. The van der Waals surface area contributed by atoms with Crippen LogP contribution in [0.2, 0.25) is 0 Å². The number of aromatic nitrogens is 8. The second-order valence-corrected chi connectivity index (χ2v) is 6.09. The van der Waals surface area contributed by atoms with Crippen LogP contribution in [-0.2, 0) is 0 Å². The number of tetrazole rings is 1. The highest BCUT2D eigenvalue weighted by Crippen LogP contribution is 2.28. The van der Waals surface area contributed by atoms with Crippen molar-refractivity contribution in [3.8, 4) is 11.4 Å². The second-order valence-electron chi connectivity index (χ2n) is 6.09. The first kappa shape index (κ1) is 14.2. The van der Waals surface area contributed by atoms with Crippen LogP contribution < -0.4 is 10.2 Å². The average molecular weight is 336 g/mol. The molecule has 0 aliphatic carbocycles. The van der Waals surface area contributed by atoms with Crippen LogP contribution in [0.5, 0.6) is 0 Å². The van der Waals surface area contributed by atoms with Crippen LogP contribution >= 0.6 is 0 Å². The summed E-state index contributed by atoms with van der Waals surface area (Å²) in [4.78, 5) is 7.15. The van der Waals surface area contributed by atoms with E-state index in [9.17, 15) is 0 Å². The van der Waals surface area contributed by atoms with Crippen molar-refractivity contribution < 1.29 is 0 Å². The Morgan fingerprint density at radius 1 is 1.12 bits per heavy atom. The molecule has 10 nitrogen and oxygen atoms in total. The molecule has 0 unspecified atom stereocenters. The molecule has 126 valence electrons. The molecule has 0 radical (unpaired) electrons. The Labute approximate surface area is 142 Å². The van der Waals surface area contributed by atoms with E-state index in [2.05, 4.69) is 41.0 Å². The number of fused-ring (bicyclic) bond motifs is 3. The van der Waals surface area contributed by atoms with Crippen LogP contribution in [0.1, 0.15) is 5.56 Å². The molecule has 1 aliphatic rings. The van der Waals surface area contributed by atoms with Gasteiger partial charge in [-0.3, -0.25) is 4.40 Å². The summed E-state index contributed by atoms with van der Waals surface area (Å²) >= 11 is 0. The minimum Gasteiger partial charge on any atom is -0.351 e. The quantitative estimate of drug-likeness (QED) is 0.533. The largest absolute Gasteiger partial charge is 0.351 e. The van der Waals surface area contributed by atoms with Gasteiger partial charge in [-0.05, 0) is 29.8 Å². The maximum Gasteiger partial charge on any atom is 0.205 e. The highest BCUT2D eigenvalue weighted by atomic mass is 15.5. The third kappa shape index (κ3) is 2.22. The number of aryl methyl sites for hydroxylation is 1. The molecule has 1 fully saturated rings. The lowest BCUT2D eigenvalue weighted by atomic mass is 10.1. The van der Waals surface area contributed by atoms with Gasteiger partial charge in [0.2, 0.25) is 11.5 Å². The molecule has 1 saturated heterocycles. The second kappa shape index (κ2) is 5.45. The highest BCUT2D eigenvalue weighted by molar-refractivity contribution is 5.87. The SMILES string of the molecule is Cc1cc2nc(N3CCNCC3)c3nncn3c2cc1-c1nn[nH]n1. The summed E-state index contributed by atoms with van der Waals surface area (Å²) in [6.07, 6.45) is 1.72. The molecule has 10 heteroatoms. The molecular formula is C15H16N10. The molecule has 3 aromatic heterocycles. The maximum atomic E-state index is 4.89. The van der Waals surface area contributed by atoms with E-state index >= 15 is 0 Å². The van der Waals surface area contributed by atoms with Gasteiger partial charge in [-0.25, -0.2) is 4.98 Å². The van der Waals surface area contributed by atoms with E-state index in [1.54, 1.807) is 6.33 Å². The molecule has 1 aromatic carbocycles. The Hall–Kier alpha value is -3.14. The third-order valence-electron chi connectivity index (χ3n) is 4.56. The molecular weight excluding hydrogens is 320 g/mol. The van der Waals surface area contributed by atoms with Crippen molar-refractivity contribution >= 4 is 22.5 Å². The Kier molecular flexibility index (Phi) is 3.10. The maximum absolute atomic E-state index is 4.89. The van der Waals surface area contributed by atoms with E-state index in [0.717, 1.165) is 59.8 Å². The van der Waals surface area contributed by atoms with Crippen LogP contribution in [0.3, 0.4) is 0 Å². The average Bonchev–Trinajstić information content (AvgIpc) is 3.33. The van der Waals surface area contributed by atoms with Crippen molar-refractivity contribution in [3.05, 3.63) is 24.0 Å². The Morgan fingerprint density at radius 3 is 2.80 bits per heavy atom. The first-order valence-corrected chi connectivity index (χ1v) is 8.15. The van der Waals surface area contributed by atoms with Crippen molar-refractivity contribution in [2.45, 2.75) is 6.92 Å². The van der Waals surface area contributed by atoms with Crippen LogP contribution in [0.4, 0.5) is 5.82 Å².